The van der Waals surface area contributed by atoms with Crippen molar-refractivity contribution in [1.29, 1.82) is 0 Å². The number of nitrogens with zero attached hydrogens (tertiary/aromatic N) is 3. The highest BCUT2D eigenvalue weighted by Crippen LogP contribution is 2.16. The molecule has 7 nitrogen and oxygen atoms in total. The molecule has 0 spiro atoms. The van der Waals surface area contributed by atoms with Gasteiger partial charge in [0.05, 0.1) is 28.7 Å². The van der Waals surface area contributed by atoms with E-state index in [9.17, 15) is 28.5 Å². The first-order chi connectivity index (χ1) is 11.9. The van der Waals surface area contributed by atoms with Crippen LogP contribution in [-0.2, 0) is 6.54 Å². The fourth-order valence-corrected chi connectivity index (χ4v) is 2.29. The van der Waals surface area contributed by atoms with E-state index in [4.69, 9.17) is 0 Å². The third-order valence-corrected chi connectivity index (χ3v) is 3.57. The first-order valence-corrected chi connectivity index (χ1v) is 6.98. The fraction of sp³-hybridized carbons (Fsp3) is 0.0625. The molecule has 0 saturated carbocycles. The zero-order valence-electron chi connectivity index (χ0n) is 12.5. The Morgan fingerprint density at radius 2 is 1.92 bits per heavy atom. The summed E-state index contributed by atoms with van der Waals surface area (Å²) < 4.78 is 27.1. The molecule has 0 bridgehead atoms. The molecule has 0 saturated heterocycles. The molecule has 2 aromatic carbocycles. The third kappa shape index (κ3) is 3.11. The lowest BCUT2D eigenvalue weighted by Gasteiger charge is -2.06. The van der Waals surface area contributed by atoms with Gasteiger partial charge in [0.25, 0.3) is 11.2 Å². The van der Waals surface area contributed by atoms with E-state index in [-0.39, 0.29) is 22.2 Å². The molecule has 25 heavy (non-hydrogen) atoms. The van der Waals surface area contributed by atoms with Gasteiger partial charge in [-0.05, 0) is 24.3 Å². The number of carbonyl (C=O) groups is 1. The number of halogens is 2. The van der Waals surface area contributed by atoms with Crippen molar-refractivity contribution in [2.45, 2.75) is 6.54 Å². The summed E-state index contributed by atoms with van der Waals surface area (Å²) in [5, 5.41) is 10.8. The smallest absolute Gasteiger partial charge is 0.270 e. The number of non-ortho nitro benzene ring substituents is 1. The van der Waals surface area contributed by atoms with E-state index in [1.165, 1.54) is 12.1 Å². The molecule has 3 aromatic rings. The first-order valence-electron chi connectivity index (χ1n) is 6.98. The Morgan fingerprint density at radius 3 is 2.60 bits per heavy atom. The molecule has 9 heteroatoms. The van der Waals surface area contributed by atoms with Crippen molar-refractivity contribution in [3.8, 4) is 0 Å². The van der Waals surface area contributed by atoms with Crippen LogP contribution in [0.1, 0.15) is 10.4 Å². The number of benzene rings is 2. The number of nitro groups is 1. The molecule has 0 aliphatic rings. The molecule has 1 aromatic heterocycles. The van der Waals surface area contributed by atoms with Crippen LogP contribution in [0.4, 0.5) is 14.5 Å². The Labute approximate surface area is 138 Å². The second kappa shape index (κ2) is 6.19. The van der Waals surface area contributed by atoms with Crippen LogP contribution in [0.5, 0.6) is 0 Å². The summed E-state index contributed by atoms with van der Waals surface area (Å²) in [5.41, 5.74) is -0.794. The summed E-state index contributed by atoms with van der Waals surface area (Å²) in [4.78, 5) is 38.7. The minimum atomic E-state index is -1.18. The van der Waals surface area contributed by atoms with Crippen LogP contribution in [0.15, 0.2) is 47.5 Å². The normalized spacial score (nSPS) is 10.8. The lowest BCUT2D eigenvalue weighted by atomic mass is 10.1. The van der Waals surface area contributed by atoms with Crippen LogP contribution >= 0.6 is 0 Å². The quantitative estimate of drug-likeness (QED) is 0.411. The lowest BCUT2D eigenvalue weighted by Crippen LogP contribution is -2.24. The van der Waals surface area contributed by atoms with Crippen LogP contribution < -0.4 is 5.56 Å². The Morgan fingerprint density at radius 1 is 1.16 bits per heavy atom. The fourth-order valence-electron chi connectivity index (χ4n) is 2.29. The molecule has 0 N–H and O–H groups in total. The van der Waals surface area contributed by atoms with E-state index in [0.717, 1.165) is 35.2 Å². The molecule has 0 amide bonds. The van der Waals surface area contributed by atoms with Crippen molar-refractivity contribution in [2.75, 3.05) is 0 Å². The van der Waals surface area contributed by atoms with Crippen molar-refractivity contribution < 1.29 is 18.5 Å². The molecule has 0 aliphatic heterocycles. The van der Waals surface area contributed by atoms with E-state index >= 15 is 0 Å². The largest absolute Gasteiger partial charge is 0.292 e. The lowest BCUT2D eigenvalue weighted by molar-refractivity contribution is -0.384. The number of aromatic nitrogens is 2. The highest BCUT2D eigenvalue weighted by Gasteiger charge is 2.14. The molecule has 0 aliphatic carbocycles. The summed E-state index contributed by atoms with van der Waals surface area (Å²) in [6, 6.07) is 6.27. The summed E-state index contributed by atoms with van der Waals surface area (Å²) in [7, 11) is 0. The van der Waals surface area contributed by atoms with E-state index in [1.54, 1.807) is 0 Å². The number of fused-ring (bicyclic) bond motifs is 1. The van der Waals surface area contributed by atoms with Crippen LogP contribution in [0.2, 0.25) is 0 Å². The van der Waals surface area contributed by atoms with Gasteiger partial charge in [-0.15, -0.1) is 0 Å². The van der Waals surface area contributed by atoms with Gasteiger partial charge < -0.3 is 0 Å². The Kier molecular flexibility index (Phi) is 4.05. The second-order valence-corrected chi connectivity index (χ2v) is 5.19. The predicted molar refractivity (Wildman–Crippen MR) is 83.3 cm³/mol. The van der Waals surface area contributed by atoms with Crippen LogP contribution in [0.25, 0.3) is 10.9 Å². The molecule has 126 valence electrons. The van der Waals surface area contributed by atoms with Crippen molar-refractivity contribution in [1.82, 2.24) is 9.55 Å². The van der Waals surface area contributed by atoms with Gasteiger partial charge in [0.1, 0.15) is 0 Å². The van der Waals surface area contributed by atoms with Crippen molar-refractivity contribution >= 4 is 22.4 Å². The van der Waals surface area contributed by atoms with Crippen molar-refractivity contribution in [3.63, 3.8) is 0 Å². The maximum Gasteiger partial charge on any atom is 0.270 e. The highest BCUT2D eigenvalue weighted by molar-refractivity contribution is 5.96. The molecular weight excluding hydrogens is 336 g/mol. The molecule has 0 fully saturated rings. The van der Waals surface area contributed by atoms with Gasteiger partial charge >= 0.3 is 0 Å². The third-order valence-electron chi connectivity index (χ3n) is 3.57. The molecule has 0 unspecified atom stereocenters. The topological polar surface area (TPSA) is 95.1 Å². The summed E-state index contributed by atoms with van der Waals surface area (Å²) in [6.45, 7) is -0.463. The number of rotatable bonds is 4. The summed E-state index contributed by atoms with van der Waals surface area (Å²) in [6.07, 6.45) is 1.12. The van der Waals surface area contributed by atoms with Gasteiger partial charge in [0, 0.05) is 17.7 Å². The Bertz CT molecular complexity index is 1080. The van der Waals surface area contributed by atoms with Gasteiger partial charge in [0.15, 0.2) is 17.4 Å². The number of ketones is 1. The molecular formula is C16H9F2N3O4. The molecule has 3 rings (SSSR count). The van der Waals surface area contributed by atoms with Crippen LogP contribution in [0, 0.1) is 21.7 Å². The zero-order chi connectivity index (χ0) is 18.1. The van der Waals surface area contributed by atoms with Gasteiger partial charge in [-0.25, -0.2) is 13.8 Å². The predicted octanol–water partition coefficient (Wildman–Crippen LogP) is 2.47. The number of hydrogen-bond acceptors (Lipinski definition) is 5. The number of carbonyl (C=O) groups excluding carboxylic acids is 1. The second-order valence-electron chi connectivity index (χ2n) is 5.19. The van der Waals surface area contributed by atoms with Crippen molar-refractivity contribution in [3.05, 3.63) is 80.4 Å². The minimum absolute atomic E-state index is 0.0187. The zero-order valence-corrected chi connectivity index (χ0v) is 12.5. The number of Topliss-reactive ketones (excluding diaryl/α,β-unsaturated/α-hetero) is 1. The van der Waals surface area contributed by atoms with E-state index in [2.05, 4.69) is 4.98 Å². The minimum Gasteiger partial charge on any atom is -0.292 e. The maximum absolute atomic E-state index is 13.2. The van der Waals surface area contributed by atoms with Crippen LogP contribution in [0.3, 0.4) is 0 Å². The van der Waals surface area contributed by atoms with E-state index < -0.39 is 34.4 Å². The maximum atomic E-state index is 13.2. The number of hydrogen-bond donors (Lipinski definition) is 0. The average molecular weight is 345 g/mol. The average Bonchev–Trinajstić information content (AvgIpc) is 2.59. The standard InChI is InChI=1S/C16H9F2N3O4/c17-12-3-1-9(5-13(12)18)15(22)7-20-8-19-14-4-2-10(21(24)25)6-11(14)16(20)23/h1-6,8H,7H2. The molecule has 0 radical (unpaired) electrons. The van der Waals surface area contributed by atoms with Gasteiger partial charge in [0.2, 0.25) is 0 Å². The van der Waals surface area contributed by atoms with Crippen LogP contribution in [-0.4, -0.2) is 20.3 Å². The summed E-state index contributed by atoms with van der Waals surface area (Å²) in [5.74, 6) is -2.90. The number of nitro benzene ring substituents is 1. The first kappa shape index (κ1) is 16.4. The SMILES string of the molecule is O=C(Cn1cnc2ccc([N+](=O)[O-])cc2c1=O)c1ccc(F)c(F)c1. The molecule has 1 heterocycles. The Hall–Kier alpha value is -3.49. The van der Waals surface area contributed by atoms with Crippen molar-refractivity contribution in [2.24, 2.45) is 0 Å². The van der Waals surface area contributed by atoms with Gasteiger partial charge in [-0.1, -0.05) is 0 Å². The highest BCUT2D eigenvalue weighted by atomic mass is 19.2. The van der Waals surface area contributed by atoms with E-state index in [1.807, 2.05) is 0 Å². The van der Waals surface area contributed by atoms with Gasteiger partial charge in [-0.3, -0.25) is 24.3 Å². The Balaban J connectivity index is 1.99. The molecule has 0 atom stereocenters. The summed E-state index contributed by atoms with van der Waals surface area (Å²) >= 11 is 0. The monoisotopic (exact) mass is 345 g/mol. The van der Waals surface area contributed by atoms with E-state index in [0.29, 0.717) is 0 Å². The van der Waals surface area contributed by atoms with Gasteiger partial charge in [-0.2, -0.15) is 0 Å².